The van der Waals surface area contributed by atoms with Crippen molar-refractivity contribution < 1.29 is 14.3 Å². The molecule has 1 aromatic carbocycles. The summed E-state index contributed by atoms with van der Waals surface area (Å²) in [6.07, 6.45) is 3.25. The van der Waals surface area contributed by atoms with Crippen molar-refractivity contribution in [3.63, 3.8) is 0 Å². The number of furan rings is 1. The molecule has 2 rings (SSSR count). The summed E-state index contributed by atoms with van der Waals surface area (Å²) >= 11 is 0. The van der Waals surface area contributed by atoms with Gasteiger partial charge in [-0.3, -0.25) is 0 Å². The highest BCUT2D eigenvalue weighted by atomic mass is 16.5. The fourth-order valence-corrected chi connectivity index (χ4v) is 2.31. The topological polar surface area (TPSA) is 42.6 Å². The summed E-state index contributed by atoms with van der Waals surface area (Å²) in [7, 11) is 1.69. The molecule has 0 aliphatic rings. The van der Waals surface area contributed by atoms with Gasteiger partial charge in [-0.15, -0.1) is 0 Å². The van der Waals surface area contributed by atoms with Crippen molar-refractivity contribution >= 4 is 0 Å². The highest BCUT2D eigenvalue weighted by Crippen LogP contribution is 2.39. The van der Waals surface area contributed by atoms with Gasteiger partial charge in [-0.1, -0.05) is 41.5 Å². The van der Waals surface area contributed by atoms with Gasteiger partial charge in [0.15, 0.2) is 0 Å². The maximum atomic E-state index is 10.5. The van der Waals surface area contributed by atoms with Crippen LogP contribution in [0.1, 0.15) is 58.2 Å². The van der Waals surface area contributed by atoms with Crippen molar-refractivity contribution in [2.24, 2.45) is 0 Å². The lowest BCUT2D eigenvalue weighted by Gasteiger charge is -2.28. The molecule has 3 nitrogen and oxygen atoms in total. The quantitative estimate of drug-likeness (QED) is 0.804. The third-order valence-electron chi connectivity index (χ3n) is 3.52. The number of ether oxygens (including phenoxy) is 1. The summed E-state index contributed by atoms with van der Waals surface area (Å²) in [5.74, 6) is 0.426. The number of aromatic hydroxyl groups is 1. The summed E-state index contributed by atoms with van der Waals surface area (Å²) in [5.41, 5.74) is 2.94. The van der Waals surface area contributed by atoms with Crippen molar-refractivity contribution in [3.8, 4) is 5.75 Å². The normalized spacial score (nSPS) is 11.8. The second-order valence-electron chi connectivity index (χ2n) is 7.77. The molecule has 0 saturated heterocycles. The molecular formula is C20H30O3. The van der Waals surface area contributed by atoms with Crippen LogP contribution in [0.3, 0.4) is 0 Å². The largest absolute Gasteiger partial charge is 0.507 e. The number of benzene rings is 1. The molecule has 1 N–H and O–H groups in total. The number of phenols is 1. The molecule has 0 aliphatic heterocycles. The minimum atomic E-state index is -0.0756. The van der Waals surface area contributed by atoms with Crippen molar-refractivity contribution in [1.82, 2.24) is 0 Å². The summed E-state index contributed by atoms with van der Waals surface area (Å²) in [4.78, 5) is 0. The summed E-state index contributed by atoms with van der Waals surface area (Å²) in [6, 6.07) is 7.77. The van der Waals surface area contributed by atoms with Gasteiger partial charge in [-0.25, -0.2) is 0 Å². The molecular weight excluding hydrogens is 288 g/mol. The third-order valence-corrected chi connectivity index (χ3v) is 3.52. The summed E-state index contributed by atoms with van der Waals surface area (Å²) in [6.45, 7) is 13.3. The molecule has 0 aliphatic carbocycles. The van der Waals surface area contributed by atoms with E-state index in [1.54, 1.807) is 19.6 Å². The van der Waals surface area contributed by atoms with Crippen molar-refractivity contribution in [1.29, 1.82) is 0 Å². The van der Waals surface area contributed by atoms with Crippen molar-refractivity contribution in [2.75, 3.05) is 7.11 Å². The fraction of sp³-hybridized carbons (Fsp3) is 0.500. The lowest BCUT2D eigenvalue weighted by Crippen LogP contribution is -2.18. The van der Waals surface area contributed by atoms with Crippen molar-refractivity contribution in [2.45, 2.75) is 59.0 Å². The van der Waals surface area contributed by atoms with Gasteiger partial charge in [0.05, 0.1) is 19.1 Å². The minimum Gasteiger partial charge on any atom is -0.507 e. The Hall–Kier alpha value is -1.74. The average Bonchev–Trinajstić information content (AvgIpc) is 2.97. The van der Waals surface area contributed by atoms with Crippen LogP contribution in [0, 0.1) is 0 Å². The van der Waals surface area contributed by atoms with Crippen LogP contribution in [0.25, 0.3) is 0 Å². The number of phenolic OH excluding ortho intramolecular Hbond substituents is 1. The smallest absolute Gasteiger partial charge is 0.123 e. The Labute approximate surface area is 140 Å². The van der Waals surface area contributed by atoms with Crippen LogP contribution in [-0.2, 0) is 22.2 Å². The van der Waals surface area contributed by atoms with Crippen LogP contribution in [0.5, 0.6) is 5.75 Å². The predicted octanol–water partition coefficient (Wildman–Crippen LogP) is 5.41. The highest BCUT2D eigenvalue weighted by Gasteiger charge is 2.26. The zero-order chi connectivity index (χ0) is 17.7. The Morgan fingerprint density at radius 1 is 0.913 bits per heavy atom. The first-order valence-electron chi connectivity index (χ1n) is 7.90. The molecule has 0 radical (unpaired) electrons. The number of rotatable bonds is 2. The second-order valence-corrected chi connectivity index (χ2v) is 7.77. The van der Waals surface area contributed by atoms with Gasteiger partial charge in [0.1, 0.15) is 5.75 Å². The molecule has 128 valence electrons. The monoisotopic (exact) mass is 318 g/mol. The van der Waals surface area contributed by atoms with E-state index in [0.717, 1.165) is 16.7 Å². The zero-order valence-electron chi connectivity index (χ0n) is 15.4. The van der Waals surface area contributed by atoms with E-state index in [1.807, 2.05) is 24.3 Å². The van der Waals surface area contributed by atoms with Gasteiger partial charge >= 0.3 is 0 Å². The molecule has 0 amide bonds. The Kier molecular flexibility index (Phi) is 6.46. The first-order chi connectivity index (χ1) is 10.6. The second kappa shape index (κ2) is 7.69. The van der Waals surface area contributed by atoms with Gasteiger partial charge in [0, 0.05) is 7.11 Å². The molecule has 0 fully saturated rings. The third kappa shape index (κ3) is 5.76. The fourth-order valence-electron chi connectivity index (χ4n) is 2.31. The Balaban J connectivity index is 0.000000446. The molecule has 1 heterocycles. The average molecular weight is 318 g/mol. The first kappa shape index (κ1) is 19.3. The number of hydrogen-bond acceptors (Lipinski definition) is 3. The Bertz CT molecular complexity index is 532. The number of methoxy groups -OCH3 is 1. The zero-order valence-corrected chi connectivity index (χ0v) is 15.4. The molecule has 0 bridgehead atoms. The molecule has 0 spiro atoms. The molecule has 1 aromatic heterocycles. The van der Waals surface area contributed by atoms with Gasteiger partial charge in [0.25, 0.3) is 0 Å². The van der Waals surface area contributed by atoms with Crippen molar-refractivity contribution in [3.05, 3.63) is 53.5 Å². The lowest BCUT2D eigenvalue weighted by atomic mass is 9.78. The minimum absolute atomic E-state index is 0.0756. The maximum Gasteiger partial charge on any atom is 0.123 e. The van der Waals surface area contributed by atoms with Crippen LogP contribution < -0.4 is 0 Å². The molecule has 0 atom stereocenters. The summed E-state index contributed by atoms with van der Waals surface area (Å²) < 4.78 is 9.80. The summed E-state index contributed by atoms with van der Waals surface area (Å²) in [5, 5.41) is 10.5. The Morgan fingerprint density at radius 2 is 1.35 bits per heavy atom. The van der Waals surface area contributed by atoms with E-state index in [9.17, 15) is 5.11 Å². The predicted molar refractivity (Wildman–Crippen MR) is 94.9 cm³/mol. The van der Waals surface area contributed by atoms with E-state index in [1.165, 1.54) is 0 Å². The van der Waals surface area contributed by atoms with E-state index in [-0.39, 0.29) is 10.8 Å². The molecule has 23 heavy (non-hydrogen) atoms. The molecule has 0 unspecified atom stereocenters. The standard InChI is InChI=1S/C16H26O2.C4H4O/c1-15(2,3)12-8-11(10-18-7)9-13(14(12)17)16(4,5)6;1-2-4-5-3-1/h8-9,17H,10H2,1-7H3;1-4H. The van der Waals surface area contributed by atoms with Crippen LogP contribution in [0.4, 0.5) is 0 Å². The molecule has 2 aromatic rings. The SMILES string of the molecule is COCc1cc(C(C)(C)C)c(O)c(C(C)(C)C)c1.c1ccoc1. The van der Waals surface area contributed by atoms with Gasteiger partial charge in [-0.05, 0) is 51.8 Å². The van der Waals surface area contributed by atoms with E-state index < -0.39 is 0 Å². The van der Waals surface area contributed by atoms with E-state index in [0.29, 0.717) is 12.4 Å². The molecule has 3 heteroatoms. The van der Waals surface area contributed by atoms with Gasteiger partial charge < -0.3 is 14.3 Å². The van der Waals surface area contributed by atoms with E-state index in [2.05, 4.69) is 46.0 Å². The number of hydrogen-bond donors (Lipinski definition) is 1. The maximum absolute atomic E-state index is 10.5. The van der Waals surface area contributed by atoms with Gasteiger partial charge in [-0.2, -0.15) is 0 Å². The van der Waals surface area contributed by atoms with Crippen LogP contribution >= 0.6 is 0 Å². The highest BCUT2D eigenvalue weighted by molar-refractivity contribution is 5.49. The van der Waals surface area contributed by atoms with E-state index in [4.69, 9.17) is 4.74 Å². The van der Waals surface area contributed by atoms with E-state index >= 15 is 0 Å². The van der Waals surface area contributed by atoms with Crippen LogP contribution in [-0.4, -0.2) is 12.2 Å². The molecule has 0 saturated carbocycles. The van der Waals surface area contributed by atoms with Gasteiger partial charge in [0.2, 0.25) is 0 Å². The van der Waals surface area contributed by atoms with Crippen LogP contribution in [0.2, 0.25) is 0 Å². The first-order valence-corrected chi connectivity index (χ1v) is 7.90. The Morgan fingerprint density at radius 3 is 1.61 bits per heavy atom. The lowest BCUT2D eigenvalue weighted by molar-refractivity contribution is 0.184. The van der Waals surface area contributed by atoms with Crippen LogP contribution in [0.15, 0.2) is 41.2 Å².